The van der Waals surface area contributed by atoms with Gasteiger partial charge >= 0.3 is 0 Å². The highest BCUT2D eigenvalue weighted by Crippen LogP contribution is 2.19. The van der Waals surface area contributed by atoms with Crippen LogP contribution in [0.2, 0.25) is 0 Å². The highest BCUT2D eigenvalue weighted by atomic mass is 32.2. The van der Waals surface area contributed by atoms with E-state index in [2.05, 4.69) is 36.2 Å². The number of hydrogen-bond acceptors (Lipinski definition) is 3. The summed E-state index contributed by atoms with van der Waals surface area (Å²) in [5.41, 5.74) is 7.43. The summed E-state index contributed by atoms with van der Waals surface area (Å²) in [5.74, 6) is 1.96. The minimum Gasteiger partial charge on any atom is -0.338 e. The predicted molar refractivity (Wildman–Crippen MR) is 76.8 cm³/mol. The lowest BCUT2D eigenvalue weighted by molar-refractivity contribution is 0.679. The molecule has 0 aliphatic carbocycles. The Morgan fingerprint density at radius 3 is 2.67 bits per heavy atom. The van der Waals surface area contributed by atoms with Gasteiger partial charge in [-0.25, -0.2) is 4.98 Å². The molecule has 1 unspecified atom stereocenters. The van der Waals surface area contributed by atoms with E-state index in [0.717, 1.165) is 18.0 Å². The number of hydrogen-bond donors (Lipinski definition) is 1. The van der Waals surface area contributed by atoms with Crippen LogP contribution in [0.1, 0.15) is 11.4 Å². The number of rotatable bonds is 5. The molecule has 0 bridgehead atoms. The maximum Gasteiger partial charge on any atom is 0.109 e. The number of nitrogens with zero attached hydrogens (tertiary/aromatic N) is 2. The van der Waals surface area contributed by atoms with Gasteiger partial charge in [0.2, 0.25) is 0 Å². The number of aryl methyl sites for hydroxylation is 2. The molecule has 2 N–H and O–H groups in total. The van der Waals surface area contributed by atoms with Crippen molar-refractivity contribution in [2.75, 3.05) is 5.75 Å². The van der Waals surface area contributed by atoms with E-state index in [1.807, 2.05) is 24.0 Å². The molecule has 3 nitrogen and oxygen atoms in total. The number of imidazole rings is 1. The smallest absolute Gasteiger partial charge is 0.109 e. The number of thioether (sulfide) groups is 1. The van der Waals surface area contributed by atoms with Gasteiger partial charge in [-0.3, -0.25) is 0 Å². The predicted octanol–water partition coefficient (Wildman–Crippen LogP) is 2.39. The van der Waals surface area contributed by atoms with Crippen LogP contribution < -0.4 is 5.73 Å². The van der Waals surface area contributed by atoms with Crippen molar-refractivity contribution in [3.05, 3.63) is 48.0 Å². The summed E-state index contributed by atoms with van der Waals surface area (Å²) in [4.78, 5) is 5.57. The Morgan fingerprint density at radius 2 is 2.06 bits per heavy atom. The molecule has 0 amide bonds. The molecular weight excluding hydrogens is 242 g/mol. The van der Waals surface area contributed by atoms with Crippen LogP contribution in [0.25, 0.3) is 0 Å². The van der Waals surface area contributed by atoms with E-state index in [4.69, 9.17) is 5.73 Å². The Balaban J connectivity index is 1.83. The molecule has 0 radical (unpaired) electrons. The summed E-state index contributed by atoms with van der Waals surface area (Å²) in [6, 6.07) is 8.69. The van der Waals surface area contributed by atoms with Gasteiger partial charge in [0.25, 0.3) is 0 Å². The molecule has 2 aromatic rings. The summed E-state index contributed by atoms with van der Waals surface area (Å²) >= 11 is 1.80. The zero-order valence-corrected chi connectivity index (χ0v) is 11.7. The van der Waals surface area contributed by atoms with Crippen LogP contribution in [0.4, 0.5) is 0 Å². The highest BCUT2D eigenvalue weighted by Gasteiger charge is 2.08. The van der Waals surface area contributed by atoms with E-state index < -0.39 is 0 Å². The van der Waals surface area contributed by atoms with Gasteiger partial charge in [0.05, 0.1) is 0 Å². The second-order valence-electron chi connectivity index (χ2n) is 4.54. The van der Waals surface area contributed by atoms with Crippen LogP contribution in [0, 0.1) is 6.92 Å². The minimum absolute atomic E-state index is 0.136. The summed E-state index contributed by atoms with van der Waals surface area (Å²) < 4.78 is 2.02. The fraction of sp³-hybridized carbons (Fsp3) is 0.357. The van der Waals surface area contributed by atoms with Crippen LogP contribution in [0.5, 0.6) is 0 Å². The number of nitrogens with two attached hydrogens (primary N) is 1. The Bertz CT molecular complexity index is 490. The first-order valence-corrected chi connectivity index (χ1v) is 7.05. The maximum atomic E-state index is 6.14. The fourth-order valence-corrected chi connectivity index (χ4v) is 2.58. The Morgan fingerprint density at radius 1 is 1.33 bits per heavy atom. The molecule has 0 aliphatic rings. The lowest BCUT2D eigenvalue weighted by Crippen LogP contribution is -2.26. The molecule has 2 rings (SSSR count). The van der Waals surface area contributed by atoms with Crippen molar-refractivity contribution in [2.45, 2.75) is 24.3 Å². The van der Waals surface area contributed by atoms with Gasteiger partial charge in [-0.2, -0.15) is 0 Å². The molecule has 0 saturated heterocycles. The first kappa shape index (κ1) is 13.2. The van der Waals surface area contributed by atoms with Crippen molar-refractivity contribution >= 4 is 11.8 Å². The van der Waals surface area contributed by atoms with E-state index >= 15 is 0 Å². The first-order valence-electron chi connectivity index (χ1n) is 6.06. The van der Waals surface area contributed by atoms with Gasteiger partial charge < -0.3 is 10.3 Å². The second-order valence-corrected chi connectivity index (χ2v) is 5.64. The lowest BCUT2D eigenvalue weighted by atomic mass is 10.2. The molecule has 1 aromatic heterocycles. The van der Waals surface area contributed by atoms with E-state index in [-0.39, 0.29) is 6.04 Å². The molecule has 96 valence electrons. The SMILES string of the molecule is Cc1ccc(SCC(N)Cc2nccn2C)cc1. The summed E-state index contributed by atoms with van der Waals surface area (Å²) in [5, 5.41) is 0. The molecule has 1 heterocycles. The Hall–Kier alpha value is -1.26. The lowest BCUT2D eigenvalue weighted by Gasteiger charge is -2.11. The van der Waals surface area contributed by atoms with Gasteiger partial charge in [-0.05, 0) is 19.1 Å². The quantitative estimate of drug-likeness (QED) is 0.841. The fourth-order valence-electron chi connectivity index (χ4n) is 1.72. The van der Waals surface area contributed by atoms with Crippen molar-refractivity contribution < 1.29 is 0 Å². The average Bonchev–Trinajstić information content (AvgIpc) is 2.74. The van der Waals surface area contributed by atoms with Crippen molar-refractivity contribution in [2.24, 2.45) is 12.8 Å². The normalized spacial score (nSPS) is 12.6. The van der Waals surface area contributed by atoms with Crippen molar-refractivity contribution in [1.82, 2.24) is 9.55 Å². The van der Waals surface area contributed by atoms with Gasteiger partial charge in [0.1, 0.15) is 5.82 Å². The van der Waals surface area contributed by atoms with E-state index in [0.29, 0.717) is 0 Å². The third kappa shape index (κ3) is 3.62. The third-order valence-corrected chi connectivity index (χ3v) is 4.05. The molecule has 0 aliphatic heterocycles. The summed E-state index contributed by atoms with van der Waals surface area (Å²) in [6.07, 6.45) is 4.59. The molecule has 0 saturated carbocycles. The second kappa shape index (κ2) is 6.07. The molecular formula is C14H19N3S. The topological polar surface area (TPSA) is 43.8 Å². The minimum atomic E-state index is 0.136. The molecule has 0 spiro atoms. The first-order chi connectivity index (χ1) is 8.65. The average molecular weight is 261 g/mol. The number of benzene rings is 1. The summed E-state index contributed by atoms with van der Waals surface area (Å²) in [7, 11) is 2.00. The molecule has 4 heteroatoms. The maximum absolute atomic E-state index is 6.14. The monoisotopic (exact) mass is 261 g/mol. The van der Waals surface area contributed by atoms with Crippen LogP contribution in [0.15, 0.2) is 41.6 Å². The van der Waals surface area contributed by atoms with Crippen LogP contribution in [-0.4, -0.2) is 21.3 Å². The van der Waals surface area contributed by atoms with Gasteiger partial charge in [0.15, 0.2) is 0 Å². The zero-order valence-electron chi connectivity index (χ0n) is 10.8. The largest absolute Gasteiger partial charge is 0.338 e. The summed E-state index contributed by atoms with van der Waals surface area (Å²) in [6.45, 7) is 2.10. The van der Waals surface area contributed by atoms with Gasteiger partial charge in [0, 0.05) is 42.6 Å². The van der Waals surface area contributed by atoms with Crippen molar-refractivity contribution in [3.8, 4) is 0 Å². The Labute approximate surface area is 112 Å². The van der Waals surface area contributed by atoms with Gasteiger partial charge in [-0.15, -0.1) is 11.8 Å². The highest BCUT2D eigenvalue weighted by molar-refractivity contribution is 7.99. The standard InChI is InChI=1S/C14H19N3S/c1-11-3-5-13(6-4-11)18-10-12(15)9-14-16-7-8-17(14)2/h3-8,12H,9-10,15H2,1-2H3. The zero-order chi connectivity index (χ0) is 13.0. The van der Waals surface area contributed by atoms with Crippen LogP contribution in [0.3, 0.4) is 0 Å². The Kier molecular flexibility index (Phi) is 4.44. The van der Waals surface area contributed by atoms with Crippen LogP contribution in [-0.2, 0) is 13.5 Å². The van der Waals surface area contributed by atoms with E-state index in [1.54, 1.807) is 11.8 Å². The molecule has 1 atom stereocenters. The van der Waals surface area contributed by atoms with Crippen molar-refractivity contribution in [3.63, 3.8) is 0 Å². The van der Waals surface area contributed by atoms with Gasteiger partial charge in [-0.1, -0.05) is 17.7 Å². The number of aromatic nitrogens is 2. The van der Waals surface area contributed by atoms with Crippen molar-refractivity contribution in [1.29, 1.82) is 0 Å². The molecule has 1 aromatic carbocycles. The van der Waals surface area contributed by atoms with Crippen LogP contribution >= 0.6 is 11.8 Å². The van der Waals surface area contributed by atoms with E-state index in [1.165, 1.54) is 10.5 Å². The third-order valence-electron chi connectivity index (χ3n) is 2.85. The molecule has 0 fully saturated rings. The van der Waals surface area contributed by atoms with E-state index in [9.17, 15) is 0 Å². The molecule has 18 heavy (non-hydrogen) atoms.